The number of nitrogens with one attached hydrogen (secondary N) is 1. The maximum atomic E-state index is 12.2. The Kier molecular flexibility index (Phi) is 6.20. The highest BCUT2D eigenvalue weighted by Crippen LogP contribution is 2.32. The van der Waals surface area contributed by atoms with Gasteiger partial charge < -0.3 is 30.9 Å². The van der Waals surface area contributed by atoms with Gasteiger partial charge in [0.25, 0.3) is 11.8 Å². The van der Waals surface area contributed by atoms with Crippen LogP contribution < -0.4 is 11.1 Å². The topological polar surface area (TPSA) is 182 Å². The molecule has 1 fully saturated rings. The number of likely N-dealkylation sites (N-methyl/N-ethyl adjacent to an activating group) is 1. The van der Waals surface area contributed by atoms with Crippen molar-refractivity contribution in [2.24, 2.45) is 0 Å². The highest BCUT2D eigenvalue weighted by molar-refractivity contribution is 7.11. The Hall–Kier alpha value is -3.64. The van der Waals surface area contributed by atoms with E-state index in [4.69, 9.17) is 10.5 Å². The monoisotopic (exact) mass is 472 g/mol. The fourth-order valence-electron chi connectivity index (χ4n) is 3.23. The number of aliphatic hydroxyl groups excluding tert-OH is 2. The van der Waals surface area contributed by atoms with Crippen LogP contribution in [0, 0.1) is 11.8 Å². The van der Waals surface area contributed by atoms with Crippen molar-refractivity contribution in [2.45, 2.75) is 24.5 Å². The van der Waals surface area contributed by atoms with Gasteiger partial charge in [-0.15, -0.1) is 11.3 Å². The zero-order chi connectivity index (χ0) is 23.7. The first kappa shape index (κ1) is 22.6. The summed E-state index contributed by atoms with van der Waals surface area (Å²) in [5, 5.41) is 25.1. The fraction of sp³-hybridized carbons (Fsp3) is 0.368. The molecule has 14 heteroatoms. The van der Waals surface area contributed by atoms with Crippen molar-refractivity contribution in [3.05, 3.63) is 28.7 Å². The summed E-state index contributed by atoms with van der Waals surface area (Å²) in [7, 11) is 2.99. The molecule has 2 amide bonds. The number of ether oxygens (including phenoxy) is 1. The second-order valence-corrected chi connectivity index (χ2v) is 7.99. The van der Waals surface area contributed by atoms with E-state index in [1.807, 2.05) is 0 Å². The Morgan fingerprint density at radius 2 is 2.12 bits per heavy atom. The van der Waals surface area contributed by atoms with E-state index in [1.54, 1.807) is 18.6 Å². The van der Waals surface area contributed by atoms with E-state index in [0.717, 1.165) is 0 Å². The largest absolute Gasteiger partial charge is 0.387 e. The molecule has 4 rings (SSSR count). The van der Waals surface area contributed by atoms with Crippen LogP contribution in [0.5, 0.6) is 0 Å². The standard InChI is InChI=1S/C19H20N8O5S/c1-21-16(30)13-11(28)12(29)19(32-13)27-8-23-10-14(20)24-9(25-15(10)27)4-3-6-26(2)18(31)17-22-5-7-33-17/h5,7-8,11-13,19,28-29H,6H2,1-2H3,(H,21,30)(H2,20,24,25)/t11-,12+,13-,19+/m0/s1. The van der Waals surface area contributed by atoms with Crippen molar-refractivity contribution < 1.29 is 24.5 Å². The molecule has 1 saturated heterocycles. The Bertz CT molecular complexity index is 1250. The molecule has 3 aromatic rings. The number of carbonyl (C=O) groups is 2. The first-order chi connectivity index (χ1) is 15.8. The van der Waals surface area contributed by atoms with Crippen LogP contribution in [0.15, 0.2) is 17.9 Å². The summed E-state index contributed by atoms with van der Waals surface area (Å²) in [5.74, 6) is 4.83. The van der Waals surface area contributed by atoms with Crippen molar-refractivity contribution in [3.63, 3.8) is 0 Å². The number of thiazole rings is 1. The third-order valence-corrected chi connectivity index (χ3v) is 5.71. The number of nitrogens with zero attached hydrogens (tertiary/aromatic N) is 6. The van der Waals surface area contributed by atoms with Gasteiger partial charge in [0.05, 0.1) is 12.9 Å². The van der Waals surface area contributed by atoms with Crippen molar-refractivity contribution in [2.75, 3.05) is 26.4 Å². The van der Waals surface area contributed by atoms with E-state index >= 15 is 0 Å². The molecule has 0 unspecified atom stereocenters. The zero-order valence-electron chi connectivity index (χ0n) is 17.5. The van der Waals surface area contributed by atoms with Gasteiger partial charge in [0.15, 0.2) is 28.8 Å². The molecule has 0 aliphatic carbocycles. The van der Waals surface area contributed by atoms with E-state index in [1.165, 1.54) is 34.2 Å². The average molecular weight is 472 g/mol. The summed E-state index contributed by atoms with van der Waals surface area (Å²) in [5.41, 5.74) is 6.43. The molecule has 1 aliphatic heterocycles. The Morgan fingerprint density at radius 3 is 2.82 bits per heavy atom. The number of aliphatic hydroxyl groups is 2. The number of amides is 2. The van der Waals surface area contributed by atoms with Gasteiger partial charge in [0, 0.05) is 25.7 Å². The molecule has 0 spiro atoms. The SMILES string of the molecule is CNC(=O)[C@H]1O[C@@H](n2cnc3c(N)nc(C#CCN(C)C(=O)c4nccs4)nc32)[C@H](O)[C@@H]1O. The van der Waals surface area contributed by atoms with E-state index in [0.29, 0.717) is 5.01 Å². The number of fused-ring (bicyclic) bond motifs is 1. The fourth-order valence-corrected chi connectivity index (χ4v) is 3.86. The summed E-state index contributed by atoms with van der Waals surface area (Å²) in [4.78, 5) is 42.1. The number of imidazole rings is 1. The maximum Gasteiger partial charge on any atom is 0.283 e. The first-order valence-corrected chi connectivity index (χ1v) is 10.6. The van der Waals surface area contributed by atoms with Crippen molar-refractivity contribution >= 4 is 40.1 Å². The maximum absolute atomic E-state index is 12.2. The van der Waals surface area contributed by atoms with Crippen LogP contribution >= 0.6 is 11.3 Å². The summed E-state index contributed by atoms with van der Waals surface area (Å²) in [6.45, 7) is 0.101. The lowest BCUT2D eigenvalue weighted by Crippen LogP contribution is -2.41. The lowest BCUT2D eigenvalue weighted by molar-refractivity contribution is -0.137. The molecule has 0 aromatic carbocycles. The van der Waals surface area contributed by atoms with E-state index < -0.39 is 30.4 Å². The zero-order valence-corrected chi connectivity index (χ0v) is 18.4. The number of nitrogens with two attached hydrogens (primary N) is 1. The second kappa shape index (κ2) is 9.08. The molecule has 4 heterocycles. The van der Waals surface area contributed by atoms with Gasteiger partial charge in [-0.2, -0.15) is 0 Å². The molecule has 13 nitrogen and oxygen atoms in total. The van der Waals surface area contributed by atoms with Crippen LogP contribution in [0.25, 0.3) is 11.2 Å². The molecular weight excluding hydrogens is 452 g/mol. The third kappa shape index (κ3) is 4.22. The van der Waals surface area contributed by atoms with Crippen LogP contribution in [0.3, 0.4) is 0 Å². The van der Waals surface area contributed by atoms with Crippen LogP contribution in [0.1, 0.15) is 21.9 Å². The molecule has 33 heavy (non-hydrogen) atoms. The first-order valence-electron chi connectivity index (χ1n) is 9.69. The number of rotatable bonds is 4. The third-order valence-electron chi connectivity index (χ3n) is 4.94. The van der Waals surface area contributed by atoms with Gasteiger partial charge in [-0.05, 0) is 5.92 Å². The van der Waals surface area contributed by atoms with Crippen LogP contribution in [-0.2, 0) is 9.53 Å². The molecule has 0 bridgehead atoms. The average Bonchev–Trinajstić information content (AvgIpc) is 3.54. The van der Waals surface area contributed by atoms with Crippen molar-refractivity contribution in [1.82, 2.24) is 34.7 Å². The highest BCUT2D eigenvalue weighted by Gasteiger charge is 2.47. The number of aromatic nitrogens is 5. The van der Waals surface area contributed by atoms with E-state index in [2.05, 4.69) is 37.1 Å². The molecule has 0 saturated carbocycles. The van der Waals surface area contributed by atoms with Crippen molar-refractivity contribution in [1.29, 1.82) is 0 Å². The summed E-state index contributed by atoms with van der Waals surface area (Å²) in [6.07, 6.45) is -2.40. The Morgan fingerprint density at radius 1 is 1.33 bits per heavy atom. The minimum absolute atomic E-state index is 0.0474. The lowest BCUT2D eigenvalue weighted by Gasteiger charge is -2.16. The number of hydrogen-bond donors (Lipinski definition) is 4. The summed E-state index contributed by atoms with van der Waals surface area (Å²) < 4.78 is 6.92. The minimum Gasteiger partial charge on any atom is -0.387 e. The predicted octanol–water partition coefficient (Wildman–Crippen LogP) is -1.65. The van der Waals surface area contributed by atoms with Gasteiger partial charge >= 0.3 is 0 Å². The smallest absolute Gasteiger partial charge is 0.283 e. The predicted molar refractivity (Wildman–Crippen MR) is 116 cm³/mol. The van der Waals surface area contributed by atoms with Crippen LogP contribution in [-0.4, -0.2) is 90.4 Å². The number of nitrogen functional groups attached to an aromatic ring is 1. The number of anilines is 1. The van der Waals surface area contributed by atoms with Gasteiger partial charge in [-0.25, -0.2) is 19.9 Å². The second-order valence-electron chi connectivity index (χ2n) is 7.10. The quantitative estimate of drug-likeness (QED) is 0.321. The molecule has 3 aromatic heterocycles. The molecule has 1 aliphatic rings. The highest BCUT2D eigenvalue weighted by atomic mass is 32.1. The van der Waals surface area contributed by atoms with Gasteiger partial charge in [-0.3, -0.25) is 14.2 Å². The number of carbonyl (C=O) groups excluding carboxylic acids is 2. The van der Waals surface area contributed by atoms with Gasteiger partial charge in [0.2, 0.25) is 5.82 Å². The molecule has 0 radical (unpaired) electrons. The van der Waals surface area contributed by atoms with Crippen molar-refractivity contribution in [3.8, 4) is 11.8 Å². The molecule has 172 valence electrons. The molecule has 4 atom stereocenters. The van der Waals surface area contributed by atoms with Gasteiger partial charge in [0.1, 0.15) is 17.7 Å². The minimum atomic E-state index is -1.45. The molecular formula is C19H20N8O5S. The molecule has 5 N–H and O–H groups in total. The van der Waals surface area contributed by atoms with Gasteiger partial charge in [-0.1, -0.05) is 5.92 Å². The Labute approximate surface area is 191 Å². The van der Waals surface area contributed by atoms with E-state index in [9.17, 15) is 19.8 Å². The summed E-state index contributed by atoms with van der Waals surface area (Å²) in [6, 6.07) is 0. The Balaban J connectivity index is 1.58. The lowest BCUT2D eigenvalue weighted by atomic mass is 10.1. The van der Waals surface area contributed by atoms with Crippen LogP contribution in [0.2, 0.25) is 0 Å². The number of hydrogen-bond acceptors (Lipinski definition) is 11. The normalized spacial score (nSPS) is 22.1. The summed E-state index contributed by atoms with van der Waals surface area (Å²) >= 11 is 1.23. The van der Waals surface area contributed by atoms with E-state index in [-0.39, 0.29) is 35.3 Å². The van der Waals surface area contributed by atoms with Crippen LogP contribution in [0.4, 0.5) is 5.82 Å².